The fourth-order valence-corrected chi connectivity index (χ4v) is 2.18. The van der Waals surface area contributed by atoms with Crippen molar-refractivity contribution < 1.29 is 13.2 Å². The minimum Gasteiger partial charge on any atom is -0.352 e. The molecule has 7 heteroatoms. The normalized spacial score (nSPS) is 12.8. The molecule has 0 amide bonds. The van der Waals surface area contributed by atoms with Gasteiger partial charge >= 0.3 is 6.18 Å². The number of rotatable bonds is 5. The molecule has 0 radical (unpaired) electrons. The third-order valence-electron chi connectivity index (χ3n) is 3.74. The van der Waals surface area contributed by atoms with Gasteiger partial charge in [0.15, 0.2) is 5.69 Å². The molecule has 0 aliphatic carbocycles. The molecule has 2 rings (SSSR count). The van der Waals surface area contributed by atoms with Crippen LogP contribution in [0.25, 0.3) is 0 Å². The van der Waals surface area contributed by atoms with Gasteiger partial charge < -0.3 is 10.6 Å². The number of hydrogen-bond donors (Lipinski definition) is 2. The number of nitrogens with zero attached hydrogens (tertiary/aromatic N) is 2. The molecule has 0 fully saturated rings. The van der Waals surface area contributed by atoms with Gasteiger partial charge in [0.05, 0.1) is 0 Å². The summed E-state index contributed by atoms with van der Waals surface area (Å²) in [6.45, 7) is 7.57. The van der Waals surface area contributed by atoms with Crippen LogP contribution in [0.4, 0.5) is 30.6 Å². The molecule has 2 aromatic rings. The van der Waals surface area contributed by atoms with Crippen LogP contribution in [-0.2, 0) is 6.18 Å². The fourth-order valence-electron chi connectivity index (χ4n) is 2.18. The highest BCUT2D eigenvalue weighted by atomic mass is 19.4. The number of hydrogen-bond acceptors (Lipinski definition) is 4. The third-order valence-corrected chi connectivity index (χ3v) is 3.74. The molecule has 2 N–H and O–H groups in total. The van der Waals surface area contributed by atoms with Crippen LogP contribution in [0.15, 0.2) is 24.3 Å². The summed E-state index contributed by atoms with van der Waals surface area (Å²) in [7, 11) is 0. The molecule has 0 saturated carbocycles. The number of para-hydroxylation sites is 1. The van der Waals surface area contributed by atoms with Gasteiger partial charge in [-0.3, -0.25) is 0 Å². The van der Waals surface area contributed by atoms with Crippen molar-refractivity contribution in [3.05, 3.63) is 41.1 Å². The van der Waals surface area contributed by atoms with E-state index in [1.54, 1.807) is 0 Å². The van der Waals surface area contributed by atoms with Gasteiger partial charge in [0.25, 0.3) is 0 Å². The SMILES string of the molecule is CC[C@@H](C)Nc1nc(Nc2c(C)cccc2C)cc(C(F)(F)F)n1. The first-order valence-electron chi connectivity index (χ1n) is 7.76. The summed E-state index contributed by atoms with van der Waals surface area (Å²) < 4.78 is 39.4. The van der Waals surface area contributed by atoms with E-state index < -0.39 is 11.9 Å². The summed E-state index contributed by atoms with van der Waals surface area (Å²) in [5, 5.41) is 5.89. The second-order valence-electron chi connectivity index (χ2n) is 5.81. The Kier molecular flexibility index (Phi) is 5.31. The van der Waals surface area contributed by atoms with Gasteiger partial charge in [-0.2, -0.15) is 18.2 Å². The highest BCUT2D eigenvalue weighted by Gasteiger charge is 2.34. The first-order valence-corrected chi connectivity index (χ1v) is 7.76. The molecule has 0 aliphatic rings. The number of aryl methyl sites for hydroxylation is 2. The smallest absolute Gasteiger partial charge is 0.352 e. The molecule has 0 unspecified atom stereocenters. The summed E-state index contributed by atoms with van der Waals surface area (Å²) in [6, 6.07) is 6.57. The number of aromatic nitrogens is 2. The van der Waals surface area contributed by atoms with Crippen molar-refractivity contribution >= 4 is 17.5 Å². The summed E-state index contributed by atoms with van der Waals surface area (Å²) in [6.07, 6.45) is -3.79. The number of halogens is 3. The molecule has 1 aromatic heterocycles. The Morgan fingerprint density at radius 2 is 1.75 bits per heavy atom. The van der Waals surface area contributed by atoms with Crippen LogP contribution >= 0.6 is 0 Å². The van der Waals surface area contributed by atoms with Crippen molar-refractivity contribution in [3.63, 3.8) is 0 Å². The van der Waals surface area contributed by atoms with Gasteiger partial charge in [0.1, 0.15) is 5.82 Å². The monoisotopic (exact) mass is 338 g/mol. The number of anilines is 3. The summed E-state index contributed by atoms with van der Waals surface area (Å²) in [5.74, 6) is 0.0773. The lowest BCUT2D eigenvalue weighted by molar-refractivity contribution is -0.141. The summed E-state index contributed by atoms with van der Waals surface area (Å²) in [5.41, 5.74) is 1.63. The van der Waals surface area contributed by atoms with E-state index in [1.807, 2.05) is 45.9 Å². The van der Waals surface area contributed by atoms with Crippen molar-refractivity contribution in [2.75, 3.05) is 10.6 Å². The van der Waals surface area contributed by atoms with Crippen molar-refractivity contribution in [2.45, 2.75) is 46.3 Å². The predicted octanol–water partition coefficient (Wildman–Crippen LogP) is 5.07. The Labute approximate surface area is 139 Å². The second-order valence-corrected chi connectivity index (χ2v) is 5.81. The Bertz CT molecular complexity index is 693. The molecule has 1 atom stereocenters. The van der Waals surface area contributed by atoms with Crippen LogP contribution in [0.2, 0.25) is 0 Å². The molecule has 24 heavy (non-hydrogen) atoms. The Hall–Kier alpha value is -2.31. The lowest BCUT2D eigenvalue weighted by atomic mass is 10.1. The minimum absolute atomic E-state index is 0.0264. The van der Waals surface area contributed by atoms with Crippen molar-refractivity contribution in [1.29, 1.82) is 0 Å². The van der Waals surface area contributed by atoms with Gasteiger partial charge in [-0.25, -0.2) is 4.98 Å². The summed E-state index contributed by atoms with van der Waals surface area (Å²) in [4.78, 5) is 7.77. The molecule has 0 spiro atoms. The zero-order chi connectivity index (χ0) is 17.9. The maximum atomic E-state index is 13.1. The van der Waals surface area contributed by atoms with Crippen LogP contribution in [0.5, 0.6) is 0 Å². The molecule has 130 valence electrons. The van der Waals surface area contributed by atoms with Crippen LogP contribution in [0.3, 0.4) is 0 Å². The van der Waals surface area contributed by atoms with E-state index >= 15 is 0 Å². The van der Waals surface area contributed by atoms with E-state index in [1.165, 1.54) is 0 Å². The van der Waals surface area contributed by atoms with E-state index in [0.29, 0.717) is 0 Å². The van der Waals surface area contributed by atoms with Crippen LogP contribution in [-0.4, -0.2) is 16.0 Å². The van der Waals surface area contributed by atoms with Gasteiger partial charge in [-0.1, -0.05) is 25.1 Å². The number of alkyl halides is 3. The molecule has 4 nitrogen and oxygen atoms in total. The highest BCUT2D eigenvalue weighted by molar-refractivity contribution is 5.65. The zero-order valence-corrected chi connectivity index (χ0v) is 14.1. The summed E-state index contributed by atoms with van der Waals surface area (Å²) >= 11 is 0. The first-order chi connectivity index (χ1) is 11.2. The largest absolute Gasteiger partial charge is 0.433 e. The molecule has 1 heterocycles. The average molecular weight is 338 g/mol. The van der Waals surface area contributed by atoms with Crippen molar-refractivity contribution in [2.24, 2.45) is 0 Å². The molecule has 1 aromatic carbocycles. The maximum Gasteiger partial charge on any atom is 0.433 e. The molecule has 0 aliphatic heterocycles. The van der Waals surface area contributed by atoms with E-state index in [2.05, 4.69) is 20.6 Å². The van der Waals surface area contributed by atoms with Gasteiger partial charge in [-0.05, 0) is 38.3 Å². The minimum atomic E-state index is -4.54. The standard InChI is InChI=1S/C17H21F3N4/c1-5-12(4)21-16-22-13(17(18,19)20)9-14(24-16)23-15-10(2)7-6-8-11(15)3/h6-9,12H,5H2,1-4H3,(H2,21,22,23,24)/t12-/m1/s1. The lowest BCUT2D eigenvalue weighted by Gasteiger charge is -2.17. The Balaban J connectivity index is 2.43. The Morgan fingerprint density at radius 1 is 1.12 bits per heavy atom. The van der Waals surface area contributed by atoms with Crippen LogP contribution in [0, 0.1) is 13.8 Å². The van der Waals surface area contributed by atoms with Gasteiger partial charge in [0.2, 0.25) is 5.95 Å². The van der Waals surface area contributed by atoms with E-state index in [-0.39, 0.29) is 17.8 Å². The van der Waals surface area contributed by atoms with Crippen LogP contribution in [0.1, 0.15) is 37.1 Å². The quantitative estimate of drug-likeness (QED) is 0.799. The van der Waals surface area contributed by atoms with Crippen molar-refractivity contribution in [3.8, 4) is 0 Å². The Morgan fingerprint density at radius 3 is 2.29 bits per heavy atom. The van der Waals surface area contributed by atoms with E-state index in [9.17, 15) is 13.2 Å². The molecular weight excluding hydrogens is 317 g/mol. The molecule has 0 bridgehead atoms. The topological polar surface area (TPSA) is 49.8 Å². The van der Waals surface area contributed by atoms with E-state index in [0.717, 1.165) is 29.3 Å². The number of nitrogens with one attached hydrogen (secondary N) is 2. The maximum absolute atomic E-state index is 13.1. The first kappa shape index (κ1) is 18.0. The zero-order valence-electron chi connectivity index (χ0n) is 14.1. The molecule has 0 saturated heterocycles. The highest BCUT2D eigenvalue weighted by Crippen LogP contribution is 2.31. The third kappa shape index (κ3) is 4.37. The fraction of sp³-hybridized carbons (Fsp3) is 0.412. The molecular formula is C17H21F3N4. The predicted molar refractivity (Wildman–Crippen MR) is 89.6 cm³/mol. The van der Waals surface area contributed by atoms with E-state index in [4.69, 9.17) is 0 Å². The second kappa shape index (κ2) is 7.07. The lowest BCUT2D eigenvalue weighted by Crippen LogP contribution is -2.19. The van der Waals surface area contributed by atoms with Crippen molar-refractivity contribution in [1.82, 2.24) is 9.97 Å². The van der Waals surface area contributed by atoms with Crippen LogP contribution < -0.4 is 10.6 Å². The average Bonchev–Trinajstić information content (AvgIpc) is 2.50. The van der Waals surface area contributed by atoms with Gasteiger partial charge in [-0.15, -0.1) is 0 Å². The number of benzene rings is 1. The van der Waals surface area contributed by atoms with Gasteiger partial charge in [0, 0.05) is 17.8 Å².